The Morgan fingerprint density at radius 1 is 0.967 bits per heavy atom. The number of fused-ring (bicyclic) bond motifs is 8. The van der Waals surface area contributed by atoms with Crippen molar-refractivity contribution >= 4 is 28.9 Å². The van der Waals surface area contributed by atoms with Crippen LogP contribution in [0.2, 0.25) is 0 Å². The van der Waals surface area contributed by atoms with Crippen molar-refractivity contribution in [2.24, 2.45) is 34.7 Å². The van der Waals surface area contributed by atoms with Gasteiger partial charge in [-0.3, -0.25) is 24.6 Å². The van der Waals surface area contributed by atoms with Crippen molar-refractivity contribution in [3.05, 3.63) is 70.3 Å². The van der Waals surface area contributed by atoms with Crippen LogP contribution in [0, 0.1) is 39.7 Å². The molecule has 0 aromatic heterocycles. The average molecular weight is 403 g/mol. The van der Waals surface area contributed by atoms with Crippen molar-refractivity contribution in [2.45, 2.75) is 12.5 Å². The first kappa shape index (κ1) is 17.3. The van der Waals surface area contributed by atoms with E-state index < -0.39 is 10.8 Å². The Labute approximate surface area is 171 Å². The molecule has 30 heavy (non-hydrogen) atoms. The SMILES string of the molecule is O=C1[C@@H]2[C@H]3C[C@H]([C@H]4ON=C(c5cccc([N+](=O)[O-])c5)[C@H]34)[C@@H]2C(=O)N1c1ccccc1. The monoisotopic (exact) mass is 403 g/mol. The third-order valence-electron chi connectivity index (χ3n) is 7.06. The van der Waals surface area contributed by atoms with Gasteiger partial charge in [-0.2, -0.15) is 0 Å². The summed E-state index contributed by atoms with van der Waals surface area (Å²) in [6.45, 7) is 0. The lowest BCUT2D eigenvalue weighted by Crippen LogP contribution is -2.41. The highest BCUT2D eigenvalue weighted by atomic mass is 16.6. The summed E-state index contributed by atoms with van der Waals surface area (Å²) < 4.78 is 0. The van der Waals surface area contributed by atoms with Crippen molar-refractivity contribution in [1.29, 1.82) is 0 Å². The van der Waals surface area contributed by atoms with Gasteiger partial charge in [0.1, 0.15) is 6.10 Å². The van der Waals surface area contributed by atoms with Crippen LogP contribution in [0.3, 0.4) is 0 Å². The second kappa shape index (κ2) is 5.98. The number of non-ortho nitro benzene ring substituents is 1. The van der Waals surface area contributed by atoms with Crippen LogP contribution in [0.15, 0.2) is 59.8 Å². The van der Waals surface area contributed by atoms with Crippen molar-refractivity contribution < 1.29 is 19.3 Å². The molecule has 0 spiro atoms. The van der Waals surface area contributed by atoms with E-state index in [0.29, 0.717) is 17.0 Å². The van der Waals surface area contributed by atoms with Crippen LogP contribution in [0.25, 0.3) is 0 Å². The number of para-hydroxylation sites is 1. The summed E-state index contributed by atoms with van der Waals surface area (Å²) in [6.07, 6.45) is 0.469. The molecule has 2 heterocycles. The molecule has 6 atom stereocenters. The Morgan fingerprint density at radius 2 is 1.70 bits per heavy atom. The predicted molar refractivity (Wildman–Crippen MR) is 106 cm³/mol. The van der Waals surface area contributed by atoms with E-state index in [4.69, 9.17) is 4.84 Å². The van der Waals surface area contributed by atoms with E-state index in [1.165, 1.54) is 17.0 Å². The van der Waals surface area contributed by atoms with E-state index in [1.807, 2.05) is 18.2 Å². The number of hydrogen-bond acceptors (Lipinski definition) is 6. The Hall–Kier alpha value is -3.55. The van der Waals surface area contributed by atoms with E-state index >= 15 is 0 Å². The number of carbonyl (C=O) groups is 2. The third-order valence-corrected chi connectivity index (χ3v) is 7.06. The molecule has 3 fully saturated rings. The van der Waals surface area contributed by atoms with Gasteiger partial charge in [-0.25, -0.2) is 0 Å². The first-order chi connectivity index (χ1) is 14.6. The average Bonchev–Trinajstić information content (AvgIpc) is 3.49. The molecule has 8 heteroatoms. The highest BCUT2D eigenvalue weighted by molar-refractivity contribution is 6.23. The molecule has 4 aliphatic rings. The zero-order chi connectivity index (χ0) is 20.6. The fraction of sp³-hybridized carbons (Fsp3) is 0.318. The Morgan fingerprint density at radius 3 is 2.43 bits per heavy atom. The van der Waals surface area contributed by atoms with E-state index in [0.717, 1.165) is 6.42 Å². The first-order valence-electron chi connectivity index (χ1n) is 9.97. The van der Waals surface area contributed by atoms with Gasteiger partial charge in [0.15, 0.2) is 0 Å². The van der Waals surface area contributed by atoms with Crippen LogP contribution in [-0.4, -0.2) is 28.6 Å². The number of rotatable bonds is 3. The summed E-state index contributed by atoms with van der Waals surface area (Å²) in [4.78, 5) is 44.3. The molecule has 2 bridgehead atoms. The minimum Gasteiger partial charge on any atom is -0.391 e. The minimum absolute atomic E-state index is 0.0120. The number of amides is 2. The van der Waals surface area contributed by atoms with Gasteiger partial charge in [-0.1, -0.05) is 35.5 Å². The van der Waals surface area contributed by atoms with E-state index in [9.17, 15) is 19.7 Å². The van der Waals surface area contributed by atoms with Gasteiger partial charge >= 0.3 is 0 Å². The molecule has 2 amide bonds. The number of carbonyl (C=O) groups excluding carboxylic acids is 2. The van der Waals surface area contributed by atoms with Crippen LogP contribution in [0.5, 0.6) is 0 Å². The highest BCUT2D eigenvalue weighted by Gasteiger charge is 2.70. The lowest BCUT2D eigenvalue weighted by Gasteiger charge is -2.29. The third kappa shape index (κ3) is 2.13. The second-order valence-electron chi connectivity index (χ2n) is 8.34. The summed E-state index contributed by atoms with van der Waals surface area (Å²) in [7, 11) is 0. The molecule has 0 radical (unpaired) electrons. The van der Waals surface area contributed by atoms with Crippen LogP contribution < -0.4 is 4.90 Å². The second-order valence-corrected chi connectivity index (χ2v) is 8.34. The summed E-state index contributed by atoms with van der Waals surface area (Å²) in [5.41, 5.74) is 1.87. The Bertz CT molecular complexity index is 1130. The smallest absolute Gasteiger partial charge is 0.270 e. The highest BCUT2D eigenvalue weighted by Crippen LogP contribution is 2.62. The fourth-order valence-corrected chi connectivity index (χ4v) is 5.97. The lowest BCUT2D eigenvalue weighted by atomic mass is 9.71. The molecular weight excluding hydrogens is 386 g/mol. The number of oxime groups is 1. The fourth-order valence-electron chi connectivity index (χ4n) is 5.97. The lowest BCUT2D eigenvalue weighted by molar-refractivity contribution is -0.384. The normalized spacial score (nSPS) is 33.3. The number of nitro benzene ring substituents is 1. The topological polar surface area (TPSA) is 102 Å². The molecule has 0 N–H and O–H groups in total. The molecule has 6 rings (SSSR count). The van der Waals surface area contributed by atoms with Crippen molar-refractivity contribution in [1.82, 2.24) is 0 Å². The van der Waals surface area contributed by atoms with Gasteiger partial charge in [0.05, 0.1) is 28.2 Å². The largest absolute Gasteiger partial charge is 0.391 e. The minimum atomic E-state index is -0.439. The molecule has 1 saturated heterocycles. The zero-order valence-corrected chi connectivity index (χ0v) is 15.8. The van der Waals surface area contributed by atoms with Gasteiger partial charge in [-0.15, -0.1) is 0 Å². The van der Waals surface area contributed by atoms with E-state index in [-0.39, 0.29) is 47.3 Å². The Kier molecular flexibility index (Phi) is 3.45. The number of hydrogen-bond donors (Lipinski definition) is 0. The quantitative estimate of drug-likeness (QED) is 0.445. The van der Waals surface area contributed by atoms with E-state index in [1.54, 1.807) is 24.3 Å². The molecular formula is C22H17N3O5. The summed E-state index contributed by atoms with van der Waals surface area (Å²) in [5, 5.41) is 15.4. The number of nitrogens with zero attached hydrogens (tertiary/aromatic N) is 3. The molecule has 2 saturated carbocycles. The molecule has 2 aromatic carbocycles. The molecule has 2 aliphatic carbocycles. The van der Waals surface area contributed by atoms with Crippen LogP contribution >= 0.6 is 0 Å². The number of nitro groups is 1. The Balaban J connectivity index is 1.35. The van der Waals surface area contributed by atoms with Crippen molar-refractivity contribution in [3.63, 3.8) is 0 Å². The van der Waals surface area contributed by atoms with Crippen molar-refractivity contribution in [3.8, 4) is 0 Å². The summed E-state index contributed by atoms with van der Waals surface area (Å²) in [5.74, 6) is -1.36. The van der Waals surface area contributed by atoms with Crippen LogP contribution in [0.4, 0.5) is 11.4 Å². The number of benzene rings is 2. The van der Waals surface area contributed by atoms with Gasteiger partial charge in [0.25, 0.3) is 5.69 Å². The van der Waals surface area contributed by atoms with Gasteiger partial charge in [-0.05, 0) is 24.5 Å². The maximum absolute atomic E-state index is 13.3. The molecule has 2 aliphatic heterocycles. The maximum Gasteiger partial charge on any atom is 0.270 e. The summed E-state index contributed by atoms with van der Waals surface area (Å²) in [6, 6.07) is 15.3. The molecule has 8 nitrogen and oxygen atoms in total. The number of imide groups is 1. The van der Waals surface area contributed by atoms with Crippen LogP contribution in [-0.2, 0) is 14.4 Å². The standard InChI is InChI=1S/C22H17N3O5/c26-21-16-14-10-15(17(16)22(27)24(21)12-6-2-1-3-7-12)20-18(14)19(23-30-20)11-5-4-8-13(9-11)25(28)29/h1-9,14-18,20H,10H2/t14-,15+,16-,17+,18+,20-/m1/s1. The summed E-state index contributed by atoms with van der Waals surface area (Å²) >= 11 is 0. The molecule has 150 valence electrons. The maximum atomic E-state index is 13.3. The van der Waals surface area contributed by atoms with E-state index in [2.05, 4.69) is 5.16 Å². The number of anilines is 1. The van der Waals surface area contributed by atoms with Gasteiger partial charge in [0, 0.05) is 29.5 Å². The van der Waals surface area contributed by atoms with Crippen molar-refractivity contribution in [2.75, 3.05) is 4.90 Å². The van der Waals surface area contributed by atoms with Gasteiger partial charge < -0.3 is 4.84 Å². The first-order valence-corrected chi connectivity index (χ1v) is 9.97. The zero-order valence-electron chi connectivity index (χ0n) is 15.8. The predicted octanol–water partition coefficient (Wildman–Crippen LogP) is 2.77. The molecule has 0 unspecified atom stereocenters. The van der Waals surface area contributed by atoms with Crippen LogP contribution in [0.1, 0.15) is 12.0 Å². The van der Waals surface area contributed by atoms with Gasteiger partial charge in [0.2, 0.25) is 11.8 Å². The molecule has 2 aromatic rings.